The second kappa shape index (κ2) is 21.1. The van der Waals surface area contributed by atoms with Crippen LogP contribution in [-0.2, 0) is 75.8 Å². The number of ether oxygens (including phenoxy) is 15. The zero-order valence-electron chi connectivity index (χ0n) is 28.3. The van der Waals surface area contributed by atoms with Crippen molar-refractivity contribution in [2.75, 3.05) is 98.0 Å². The van der Waals surface area contributed by atoms with E-state index < -0.39 is 85.8 Å². The Morgan fingerprint density at radius 1 is 0.556 bits per heavy atom. The predicted molar refractivity (Wildman–Crippen MR) is 155 cm³/mol. The lowest BCUT2D eigenvalue weighted by molar-refractivity contribution is -0.352. The first-order chi connectivity index (χ1) is 21.8. The molecule has 266 valence electrons. The second-order valence-corrected chi connectivity index (χ2v) is 10.4. The van der Waals surface area contributed by atoms with Crippen LogP contribution in [0.1, 0.15) is 0 Å². The minimum atomic E-state index is -1.07. The maximum absolute atomic E-state index is 11.9. The van der Waals surface area contributed by atoms with Gasteiger partial charge in [-0.3, -0.25) is 0 Å². The molecule has 2 aliphatic rings. The van der Waals surface area contributed by atoms with Crippen LogP contribution in [-0.4, -0.2) is 190 Å². The SMILES string of the molecule is COC[C@H]1O[C@@H](OC[C@H]2O[C@@H](O[C@@H]([C@H](OC)[C@H](C=O)OC)[C@@H](COC)OC)[C@H](OC)[C@@H](OC)[C@H]2OC)[C@H](OC)[C@@H](OC)[C@H]1OC. The topological polar surface area (TPSA) is 156 Å². The maximum atomic E-state index is 11.9. The molecule has 0 aromatic heterocycles. The molecule has 45 heavy (non-hydrogen) atoms. The molecule has 2 heterocycles. The standard InChI is InChI=1S/C29H54O16/c1-31-13-17(34-4)23(20(35-5)16(12-30)33-3)45-29-27(41-11)25(39-9)22(37-7)19(44-29)15-42-28-26(40-10)24(38-8)21(36-6)18(43-28)14-32-2/h12,16-29H,13-15H2,1-11H3/t16-,17+,18+,19+,20+,21-,22-,23+,24-,25-,26+,27+,28+,29-/m0/s1. The molecule has 0 amide bonds. The first kappa shape index (κ1) is 40.2. The van der Waals surface area contributed by atoms with Crippen LogP contribution in [0.25, 0.3) is 0 Å². The normalized spacial score (nSPS) is 35.1. The van der Waals surface area contributed by atoms with Gasteiger partial charge in [0.05, 0.1) is 19.8 Å². The molecule has 0 radical (unpaired) electrons. The molecule has 14 atom stereocenters. The summed E-state index contributed by atoms with van der Waals surface area (Å²) in [7, 11) is 16.7. The molecule has 2 saturated heterocycles. The third-order valence-electron chi connectivity index (χ3n) is 8.19. The van der Waals surface area contributed by atoms with Gasteiger partial charge in [0.1, 0.15) is 73.2 Å². The van der Waals surface area contributed by atoms with Crippen molar-refractivity contribution >= 4 is 6.29 Å². The third kappa shape index (κ3) is 9.81. The van der Waals surface area contributed by atoms with Gasteiger partial charge in [-0.1, -0.05) is 0 Å². The summed E-state index contributed by atoms with van der Waals surface area (Å²) >= 11 is 0. The van der Waals surface area contributed by atoms with E-state index >= 15 is 0 Å². The highest BCUT2D eigenvalue weighted by atomic mass is 16.8. The average Bonchev–Trinajstić information content (AvgIpc) is 3.06. The van der Waals surface area contributed by atoms with Crippen molar-refractivity contribution in [2.24, 2.45) is 0 Å². The highest BCUT2D eigenvalue weighted by Crippen LogP contribution is 2.33. The van der Waals surface area contributed by atoms with Crippen LogP contribution in [0.5, 0.6) is 0 Å². The Labute approximate surface area is 266 Å². The van der Waals surface area contributed by atoms with E-state index in [1.54, 1.807) is 21.3 Å². The number of carbonyl (C=O) groups is 1. The largest absolute Gasteiger partial charge is 0.382 e. The summed E-state index contributed by atoms with van der Waals surface area (Å²) in [5.41, 5.74) is 0. The summed E-state index contributed by atoms with van der Waals surface area (Å²) in [6, 6.07) is 0. The van der Waals surface area contributed by atoms with E-state index in [1.807, 2.05) is 0 Å². The molecule has 0 aromatic rings. The van der Waals surface area contributed by atoms with Gasteiger partial charge in [0.2, 0.25) is 0 Å². The van der Waals surface area contributed by atoms with E-state index in [1.165, 1.54) is 56.9 Å². The van der Waals surface area contributed by atoms with Crippen LogP contribution in [0.3, 0.4) is 0 Å². The molecular weight excluding hydrogens is 604 g/mol. The van der Waals surface area contributed by atoms with Crippen molar-refractivity contribution in [3.05, 3.63) is 0 Å². The molecular formula is C29H54O16. The summed E-state index contributed by atoms with van der Waals surface area (Å²) in [6.45, 7) is 0.316. The minimum absolute atomic E-state index is 0.0356. The van der Waals surface area contributed by atoms with Gasteiger partial charge >= 0.3 is 0 Å². The first-order valence-electron chi connectivity index (χ1n) is 14.6. The van der Waals surface area contributed by atoms with Gasteiger partial charge in [-0.05, 0) is 0 Å². The van der Waals surface area contributed by atoms with Crippen LogP contribution < -0.4 is 0 Å². The fourth-order valence-corrected chi connectivity index (χ4v) is 5.94. The van der Waals surface area contributed by atoms with E-state index in [0.717, 1.165) is 0 Å². The second-order valence-electron chi connectivity index (χ2n) is 10.4. The van der Waals surface area contributed by atoms with Crippen molar-refractivity contribution < 1.29 is 75.8 Å². The van der Waals surface area contributed by atoms with Crippen LogP contribution >= 0.6 is 0 Å². The zero-order valence-corrected chi connectivity index (χ0v) is 28.3. The molecule has 2 fully saturated rings. The van der Waals surface area contributed by atoms with Gasteiger partial charge in [0, 0.05) is 78.2 Å². The Kier molecular flexibility index (Phi) is 18.9. The van der Waals surface area contributed by atoms with E-state index in [-0.39, 0.29) is 19.8 Å². The third-order valence-corrected chi connectivity index (χ3v) is 8.19. The Morgan fingerprint density at radius 2 is 1.07 bits per heavy atom. The Balaban J connectivity index is 2.41. The van der Waals surface area contributed by atoms with E-state index in [0.29, 0.717) is 6.29 Å². The van der Waals surface area contributed by atoms with Crippen molar-refractivity contribution in [3.63, 3.8) is 0 Å². The highest BCUT2D eigenvalue weighted by Gasteiger charge is 2.52. The number of hydrogen-bond acceptors (Lipinski definition) is 16. The van der Waals surface area contributed by atoms with Crippen LogP contribution in [0.4, 0.5) is 0 Å². The van der Waals surface area contributed by atoms with E-state index in [4.69, 9.17) is 71.1 Å². The Bertz CT molecular complexity index is 793. The van der Waals surface area contributed by atoms with Crippen LogP contribution in [0.2, 0.25) is 0 Å². The molecule has 0 saturated carbocycles. The number of rotatable bonds is 22. The number of methoxy groups -OCH3 is 11. The molecule has 16 nitrogen and oxygen atoms in total. The smallest absolute Gasteiger partial charge is 0.187 e. The van der Waals surface area contributed by atoms with Crippen molar-refractivity contribution in [3.8, 4) is 0 Å². The molecule has 0 aliphatic carbocycles. The molecule has 2 aliphatic heterocycles. The monoisotopic (exact) mass is 658 g/mol. The minimum Gasteiger partial charge on any atom is -0.382 e. The predicted octanol–water partition coefficient (Wildman–Crippen LogP) is -0.535. The summed E-state index contributed by atoms with van der Waals surface area (Å²) in [5, 5.41) is 0. The quantitative estimate of drug-likeness (QED) is 0.137. The lowest BCUT2D eigenvalue weighted by atomic mass is 9.97. The van der Waals surface area contributed by atoms with Gasteiger partial charge in [-0.15, -0.1) is 0 Å². The lowest BCUT2D eigenvalue weighted by Gasteiger charge is -2.47. The fraction of sp³-hybridized carbons (Fsp3) is 0.966. The van der Waals surface area contributed by atoms with Gasteiger partial charge in [-0.2, -0.15) is 0 Å². The summed E-state index contributed by atoms with van der Waals surface area (Å²) in [6.07, 6.45) is -9.81. The number of hydrogen-bond donors (Lipinski definition) is 0. The van der Waals surface area contributed by atoms with Gasteiger partial charge < -0.3 is 75.8 Å². The van der Waals surface area contributed by atoms with Gasteiger partial charge in [-0.25, -0.2) is 0 Å². The number of carbonyl (C=O) groups excluding carboxylic acids is 1. The molecule has 0 N–H and O–H groups in total. The number of aldehydes is 1. The fourth-order valence-electron chi connectivity index (χ4n) is 5.94. The molecule has 0 bridgehead atoms. The van der Waals surface area contributed by atoms with Gasteiger partial charge in [0.15, 0.2) is 18.9 Å². The first-order valence-corrected chi connectivity index (χ1v) is 14.6. The van der Waals surface area contributed by atoms with Crippen molar-refractivity contribution in [2.45, 2.75) is 85.8 Å². The molecule has 2 rings (SSSR count). The molecule has 0 spiro atoms. The van der Waals surface area contributed by atoms with Crippen molar-refractivity contribution in [1.82, 2.24) is 0 Å². The summed E-state index contributed by atoms with van der Waals surface area (Å²) in [5.74, 6) is 0. The Morgan fingerprint density at radius 3 is 1.49 bits per heavy atom. The lowest BCUT2D eigenvalue weighted by Crippen LogP contribution is -2.64. The Hall–Kier alpha value is -0.930. The van der Waals surface area contributed by atoms with Crippen LogP contribution in [0.15, 0.2) is 0 Å². The summed E-state index contributed by atoms with van der Waals surface area (Å²) < 4.78 is 87.6. The molecule has 0 unspecified atom stereocenters. The van der Waals surface area contributed by atoms with Crippen LogP contribution in [0, 0.1) is 0 Å². The average molecular weight is 659 g/mol. The maximum Gasteiger partial charge on any atom is 0.187 e. The zero-order chi connectivity index (χ0) is 33.5. The molecule has 16 heteroatoms. The van der Waals surface area contributed by atoms with E-state index in [2.05, 4.69) is 0 Å². The van der Waals surface area contributed by atoms with E-state index in [9.17, 15) is 4.79 Å². The highest BCUT2D eigenvalue weighted by molar-refractivity contribution is 5.57. The molecule has 0 aromatic carbocycles. The summed E-state index contributed by atoms with van der Waals surface area (Å²) in [4.78, 5) is 11.9. The van der Waals surface area contributed by atoms with Gasteiger partial charge in [0.25, 0.3) is 0 Å². The van der Waals surface area contributed by atoms with Crippen molar-refractivity contribution in [1.29, 1.82) is 0 Å².